The van der Waals surface area contributed by atoms with Gasteiger partial charge in [0.15, 0.2) is 0 Å². The van der Waals surface area contributed by atoms with Crippen LogP contribution in [0.3, 0.4) is 0 Å². The molecule has 2 aromatic carbocycles. The van der Waals surface area contributed by atoms with Crippen LogP contribution >= 0.6 is 11.8 Å². The van der Waals surface area contributed by atoms with Gasteiger partial charge in [0.05, 0.1) is 23.3 Å². The van der Waals surface area contributed by atoms with Crippen molar-refractivity contribution in [1.82, 2.24) is 9.13 Å². The molecule has 25 heavy (non-hydrogen) atoms. The number of nitriles is 2. The summed E-state index contributed by atoms with van der Waals surface area (Å²) in [5.41, 5.74) is 3.51. The van der Waals surface area contributed by atoms with E-state index in [1.807, 2.05) is 50.5 Å². The Bertz CT molecular complexity index is 1120. The number of aromatic nitrogens is 2. The van der Waals surface area contributed by atoms with Gasteiger partial charge in [0.1, 0.15) is 0 Å². The smallest absolute Gasteiger partial charge is 0.0991 e. The van der Waals surface area contributed by atoms with E-state index in [0.29, 0.717) is 11.1 Å². The van der Waals surface area contributed by atoms with E-state index >= 15 is 0 Å². The summed E-state index contributed by atoms with van der Waals surface area (Å²) in [6.45, 7) is 0. The molecule has 120 valence electrons. The number of nitrogens with zero attached hydrogens (tertiary/aromatic N) is 4. The van der Waals surface area contributed by atoms with Gasteiger partial charge in [0, 0.05) is 58.1 Å². The zero-order valence-electron chi connectivity index (χ0n) is 13.8. The quantitative estimate of drug-likeness (QED) is 0.536. The maximum atomic E-state index is 9.19. The third-order valence-electron chi connectivity index (χ3n) is 4.38. The van der Waals surface area contributed by atoms with Crippen molar-refractivity contribution in [3.8, 4) is 12.1 Å². The molecule has 0 fully saturated rings. The summed E-state index contributed by atoms with van der Waals surface area (Å²) in [5, 5.41) is 20.5. The highest BCUT2D eigenvalue weighted by atomic mass is 32.2. The largest absolute Gasteiger partial charge is 0.349 e. The Morgan fingerprint density at radius 2 is 1.20 bits per heavy atom. The average molecular weight is 342 g/mol. The number of fused-ring (bicyclic) bond motifs is 2. The molecule has 0 saturated carbocycles. The molecule has 0 spiro atoms. The summed E-state index contributed by atoms with van der Waals surface area (Å²) < 4.78 is 4.15. The van der Waals surface area contributed by atoms with E-state index in [1.165, 1.54) is 0 Å². The van der Waals surface area contributed by atoms with Crippen LogP contribution in [0.2, 0.25) is 0 Å². The molecule has 0 saturated heterocycles. The highest BCUT2D eigenvalue weighted by molar-refractivity contribution is 7.99. The highest BCUT2D eigenvalue weighted by Gasteiger charge is 2.13. The van der Waals surface area contributed by atoms with Gasteiger partial charge < -0.3 is 9.13 Å². The molecule has 2 heterocycles. The van der Waals surface area contributed by atoms with Gasteiger partial charge in [-0.1, -0.05) is 11.8 Å². The maximum Gasteiger partial charge on any atom is 0.0991 e. The Labute approximate surface area is 149 Å². The molecule has 0 aliphatic rings. The van der Waals surface area contributed by atoms with Crippen molar-refractivity contribution in [3.05, 3.63) is 59.9 Å². The minimum atomic E-state index is 0.658. The summed E-state index contributed by atoms with van der Waals surface area (Å²) in [4.78, 5) is 2.20. The first-order chi connectivity index (χ1) is 12.1. The molecule has 0 unspecified atom stereocenters. The Hall–Kier alpha value is -3.15. The normalized spacial score (nSPS) is 10.9. The maximum absolute atomic E-state index is 9.19. The molecule has 4 aromatic rings. The van der Waals surface area contributed by atoms with E-state index in [0.717, 1.165) is 31.6 Å². The molecule has 0 amide bonds. The topological polar surface area (TPSA) is 57.4 Å². The minimum absolute atomic E-state index is 0.658. The molecule has 0 N–H and O–H groups in total. The van der Waals surface area contributed by atoms with Gasteiger partial charge in [-0.3, -0.25) is 0 Å². The Balaban J connectivity index is 1.89. The van der Waals surface area contributed by atoms with Gasteiger partial charge in [-0.05, 0) is 36.4 Å². The second kappa shape index (κ2) is 5.73. The molecule has 2 aromatic heterocycles. The van der Waals surface area contributed by atoms with Crippen LogP contribution in [-0.2, 0) is 14.1 Å². The van der Waals surface area contributed by atoms with Crippen molar-refractivity contribution in [2.24, 2.45) is 14.1 Å². The molecule has 0 radical (unpaired) electrons. The molecule has 0 aliphatic heterocycles. The van der Waals surface area contributed by atoms with Gasteiger partial charge in [-0.2, -0.15) is 10.5 Å². The van der Waals surface area contributed by atoms with Crippen LogP contribution in [0.5, 0.6) is 0 Å². The van der Waals surface area contributed by atoms with E-state index in [-0.39, 0.29) is 0 Å². The number of hydrogen-bond acceptors (Lipinski definition) is 3. The van der Waals surface area contributed by atoms with Crippen molar-refractivity contribution in [2.45, 2.75) is 9.79 Å². The predicted octanol–water partition coefficient (Wildman–Crippen LogP) is 4.56. The van der Waals surface area contributed by atoms with Crippen LogP contribution in [-0.4, -0.2) is 9.13 Å². The van der Waals surface area contributed by atoms with Crippen molar-refractivity contribution in [3.63, 3.8) is 0 Å². The molecule has 5 heteroatoms. The van der Waals surface area contributed by atoms with Crippen LogP contribution in [0, 0.1) is 22.7 Å². The lowest BCUT2D eigenvalue weighted by molar-refractivity contribution is 0.954. The van der Waals surface area contributed by atoms with Crippen molar-refractivity contribution in [2.75, 3.05) is 0 Å². The van der Waals surface area contributed by atoms with Crippen LogP contribution in [0.1, 0.15) is 11.1 Å². The Morgan fingerprint density at radius 3 is 1.60 bits per heavy atom. The zero-order chi connectivity index (χ0) is 17.6. The standard InChI is InChI=1S/C20H14N4S/c1-23-11-19(15-7-13(9-21)3-5-17(15)23)25-20-12-24(2)18-6-4-14(10-22)8-16(18)20/h3-8,11-12H,1-2H3. The molecule has 0 bridgehead atoms. The van der Waals surface area contributed by atoms with Gasteiger partial charge in [0.2, 0.25) is 0 Å². The first kappa shape index (κ1) is 15.4. The molecular formula is C20H14N4S. The van der Waals surface area contributed by atoms with E-state index in [9.17, 15) is 10.5 Å². The van der Waals surface area contributed by atoms with Gasteiger partial charge >= 0.3 is 0 Å². The van der Waals surface area contributed by atoms with E-state index in [4.69, 9.17) is 0 Å². The molecular weight excluding hydrogens is 328 g/mol. The Kier molecular flexibility index (Phi) is 3.53. The molecule has 0 aliphatic carbocycles. The van der Waals surface area contributed by atoms with Crippen LogP contribution in [0.15, 0.2) is 58.6 Å². The fraction of sp³-hybridized carbons (Fsp3) is 0.100. The number of rotatable bonds is 2. The summed E-state index contributed by atoms with van der Waals surface area (Å²) >= 11 is 1.67. The third kappa shape index (κ3) is 2.46. The first-order valence-corrected chi connectivity index (χ1v) is 8.58. The lowest BCUT2D eigenvalue weighted by Gasteiger charge is -2.00. The molecule has 4 rings (SSSR count). The first-order valence-electron chi connectivity index (χ1n) is 7.77. The number of aryl methyl sites for hydroxylation is 2. The predicted molar refractivity (Wildman–Crippen MR) is 99.4 cm³/mol. The zero-order valence-corrected chi connectivity index (χ0v) is 14.6. The lowest BCUT2D eigenvalue weighted by atomic mass is 10.2. The minimum Gasteiger partial charge on any atom is -0.349 e. The molecule has 0 atom stereocenters. The molecule has 4 nitrogen and oxygen atoms in total. The van der Waals surface area contributed by atoms with Crippen LogP contribution < -0.4 is 0 Å². The number of hydrogen-bond donors (Lipinski definition) is 0. The van der Waals surface area contributed by atoms with Crippen molar-refractivity contribution >= 4 is 33.6 Å². The van der Waals surface area contributed by atoms with E-state index in [1.54, 1.807) is 11.8 Å². The number of benzene rings is 2. The second-order valence-corrected chi connectivity index (χ2v) is 7.08. The fourth-order valence-corrected chi connectivity index (χ4v) is 4.34. The average Bonchev–Trinajstić information content (AvgIpc) is 3.11. The van der Waals surface area contributed by atoms with Crippen molar-refractivity contribution < 1.29 is 0 Å². The van der Waals surface area contributed by atoms with Gasteiger partial charge in [-0.25, -0.2) is 0 Å². The monoisotopic (exact) mass is 342 g/mol. The van der Waals surface area contributed by atoms with Crippen LogP contribution in [0.4, 0.5) is 0 Å². The summed E-state index contributed by atoms with van der Waals surface area (Å²) in [7, 11) is 4.02. The summed E-state index contributed by atoms with van der Waals surface area (Å²) in [6.07, 6.45) is 4.17. The second-order valence-electron chi connectivity index (χ2n) is 6.00. The van der Waals surface area contributed by atoms with Gasteiger partial charge in [0.25, 0.3) is 0 Å². The van der Waals surface area contributed by atoms with Crippen LogP contribution in [0.25, 0.3) is 21.8 Å². The van der Waals surface area contributed by atoms with Gasteiger partial charge in [-0.15, -0.1) is 0 Å². The van der Waals surface area contributed by atoms with Crippen molar-refractivity contribution in [1.29, 1.82) is 10.5 Å². The third-order valence-corrected chi connectivity index (χ3v) is 5.47. The SMILES string of the molecule is Cn1cc(Sc2cn(C)c3ccc(C#N)cc23)c2cc(C#N)ccc21. The van der Waals surface area contributed by atoms with E-state index in [2.05, 4.69) is 33.7 Å². The lowest BCUT2D eigenvalue weighted by Crippen LogP contribution is -1.83. The highest BCUT2D eigenvalue weighted by Crippen LogP contribution is 2.39. The van der Waals surface area contributed by atoms with E-state index < -0.39 is 0 Å². The Morgan fingerprint density at radius 1 is 0.760 bits per heavy atom. The summed E-state index contributed by atoms with van der Waals surface area (Å²) in [5.74, 6) is 0. The fourth-order valence-electron chi connectivity index (χ4n) is 3.13. The summed E-state index contributed by atoms with van der Waals surface area (Å²) in [6, 6.07) is 15.9.